The minimum Gasteiger partial charge on any atom is -0.461 e. The van der Waals surface area contributed by atoms with E-state index in [-0.39, 0.29) is 18.1 Å². The van der Waals surface area contributed by atoms with Gasteiger partial charge in [0, 0.05) is 17.4 Å². The smallest absolute Gasteiger partial charge is 0.323 e. The maximum absolute atomic E-state index is 11.6. The van der Waals surface area contributed by atoms with Gasteiger partial charge in [-0.2, -0.15) is 0 Å². The molecule has 0 bridgehead atoms. The summed E-state index contributed by atoms with van der Waals surface area (Å²) in [4.78, 5) is 13.7. The minimum absolute atomic E-state index is 0.0534. The van der Waals surface area contributed by atoms with E-state index in [4.69, 9.17) is 4.74 Å². The second-order valence-electron chi connectivity index (χ2n) is 4.86. The fourth-order valence-corrected chi connectivity index (χ4v) is 2.47. The molecule has 3 nitrogen and oxygen atoms in total. The number of nitrogens with zero attached hydrogens (tertiary/aromatic N) is 1. The van der Waals surface area contributed by atoms with Crippen molar-refractivity contribution < 1.29 is 9.53 Å². The van der Waals surface area contributed by atoms with Gasteiger partial charge in [0.2, 0.25) is 0 Å². The number of likely N-dealkylation sites (N-methyl/N-ethyl adjacent to an activating group) is 1. The summed E-state index contributed by atoms with van der Waals surface area (Å²) >= 11 is 3.42. The summed E-state index contributed by atoms with van der Waals surface area (Å²) in [5, 5.41) is 0. The van der Waals surface area contributed by atoms with Crippen LogP contribution in [0.5, 0.6) is 0 Å². The molecule has 4 heteroatoms. The van der Waals surface area contributed by atoms with Gasteiger partial charge in [0.15, 0.2) is 0 Å². The topological polar surface area (TPSA) is 29.5 Å². The molecule has 0 N–H and O–H groups in total. The van der Waals surface area contributed by atoms with Crippen LogP contribution in [0.1, 0.15) is 18.9 Å². The van der Waals surface area contributed by atoms with Gasteiger partial charge >= 0.3 is 5.97 Å². The number of hydrogen-bond donors (Lipinski definition) is 0. The molecule has 1 heterocycles. The van der Waals surface area contributed by atoms with Crippen LogP contribution in [0.4, 0.5) is 0 Å². The third-order valence-electron chi connectivity index (χ3n) is 3.34. The maximum atomic E-state index is 11.6. The summed E-state index contributed by atoms with van der Waals surface area (Å²) in [5.41, 5.74) is 1.28. The van der Waals surface area contributed by atoms with Crippen molar-refractivity contribution in [3.63, 3.8) is 0 Å². The first kappa shape index (κ1) is 13.6. The molecule has 0 radical (unpaired) electrons. The van der Waals surface area contributed by atoms with Gasteiger partial charge in [-0.1, -0.05) is 28.1 Å². The summed E-state index contributed by atoms with van der Waals surface area (Å²) in [5.74, 6) is -0.0826. The van der Waals surface area contributed by atoms with E-state index in [2.05, 4.69) is 33.0 Å². The third-order valence-corrected chi connectivity index (χ3v) is 3.87. The molecule has 0 unspecified atom stereocenters. The van der Waals surface area contributed by atoms with Crippen LogP contribution in [0, 0.1) is 0 Å². The van der Waals surface area contributed by atoms with E-state index in [1.807, 2.05) is 26.1 Å². The molecule has 1 aliphatic heterocycles. The highest BCUT2D eigenvalue weighted by molar-refractivity contribution is 9.10. The summed E-state index contributed by atoms with van der Waals surface area (Å²) in [6.45, 7) is 2.81. The monoisotopic (exact) mass is 311 g/mol. The average Bonchev–Trinajstić information content (AvgIpc) is 2.67. The number of carbonyl (C=O) groups excluding carboxylic acids is 1. The van der Waals surface area contributed by atoms with E-state index >= 15 is 0 Å². The molecular formula is C14H18BrNO2. The number of rotatable bonds is 4. The molecule has 1 fully saturated rings. The molecule has 18 heavy (non-hydrogen) atoms. The molecule has 0 aliphatic carbocycles. The molecule has 0 amide bonds. The van der Waals surface area contributed by atoms with Crippen LogP contribution in [0.15, 0.2) is 28.7 Å². The molecule has 1 aliphatic rings. The number of ether oxygens (including phenoxy) is 1. The first-order valence-electron chi connectivity index (χ1n) is 6.21. The van der Waals surface area contributed by atoms with Crippen molar-refractivity contribution in [3.05, 3.63) is 34.3 Å². The maximum Gasteiger partial charge on any atom is 0.323 e. The van der Waals surface area contributed by atoms with Crippen molar-refractivity contribution in [2.45, 2.75) is 31.9 Å². The fraction of sp³-hybridized carbons (Fsp3) is 0.500. The Morgan fingerprint density at radius 2 is 2.06 bits per heavy atom. The lowest BCUT2D eigenvalue weighted by molar-refractivity contribution is -0.144. The van der Waals surface area contributed by atoms with Crippen LogP contribution in [0.3, 0.4) is 0 Å². The zero-order valence-corrected chi connectivity index (χ0v) is 12.3. The normalized spacial score (nSPS) is 23.4. The second-order valence-corrected chi connectivity index (χ2v) is 5.77. The van der Waals surface area contributed by atoms with Crippen molar-refractivity contribution in [1.29, 1.82) is 0 Å². The highest BCUT2D eigenvalue weighted by atomic mass is 79.9. The van der Waals surface area contributed by atoms with Crippen LogP contribution in [-0.4, -0.2) is 36.6 Å². The van der Waals surface area contributed by atoms with Crippen molar-refractivity contribution >= 4 is 21.9 Å². The number of cyclic esters (lactones) is 1. The Kier molecular flexibility index (Phi) is 4.40. The number of benzene rings is 1. The Hall–Kier alpha value is -0.870. The largest absolute Gasteiger partial charge is 0.461 e. The van der Waals surface area contributed by atoms with E-state index in [9.17, 15) is 4.79 Å². The highest BCUT2D eigenvalue weighted by Gasteiger charge is 2.34. The van der Waals surface area contributed by atoms with Gasteiger partial charge in [-0.25, -0.2) is 0 Å². The molecule has 2 rings (SSSR count). The lowest BCUT2D eigenvalue weighted by Crippen LogP contribution is -2.36. The summed E-state index contributed by atoms with van der Waals surface area (Å²) < 4.78 is 6.27. The first-order valence-corrected chi connectivity index (χ1v) is 7.01. The van der Waals surface area contributed by atoms with Crippen molar-refractivity contribution in [2.24, 2.45) is 0 Å². The molecule has 1 aromatic carbocycles. The van der Waals surface area contributed by atoms with Gasteiger partial charge in [-0.05, 0) is 38.1 Å². The Morgan fingerprint density at radius 1 is 1.39 bits per heavy atom. The Morgan fingerprint density at radius 3 is 2.61 bits per heavy atom. The van der Waals surface area contributed by atoms with Crippen LogP contribution in [-0.2, 0) is 16.0 Å². The standard InChI is InChI=1S/C14H18BrNO2/c1-10-9-13(14(17)18-10)16(2)8-7-11-3-5-12(15)6-4-11/h3-6,10,13H,7-9H2,1-2H3/t10-,13-/m1/s1. The van der Waals surface area contributed by atoms with E-state index in [0.717, 1.165) is 23.9 Å². The SMILES string of the molecule is C[C@@H]1C[C@@H](N(C)CCc2ccc(Br)cc2)C(=O)O1. The number of esters is 1. The predicted molar refractivity (Wildman–Crippen MR) is 74.4 cm³/mol. The molecule has 1 aromatic rings. The van der Waals surface area contributed by atoms with Gasteiger partial charge in [0.25, 0.3) is 0 Å². The Bertz CT molecular complexity index is 418. The second kappa shape index (κ2) is 5.85. The lowest BCUT2D eigenvalue weighted by Gasteiger charge is -2.20. The quantitative estimate of drug-likeness (QED) is 0.801. The van der Waals surface area contributed by atoms with E-state index in [1.165, 1.54) is 5.56 Å². The van der Waals surface area contributed by atoms with Crippen molar-refractivity contribution in [1.82, 2.24) is 4.90 Å². The van der Waals surface area contributed by atoms with E-state index < -0.39 is 0 Å². The summed E-state index contributed by atoms with van der Waals surface area (Å²) in [6, 6.07) is 8.22. The number of hydrogen-bond acceptors (Lipinski definition) is 3. The molecule has 98 valence electrons. The molecule has 1 saturated heterocycles. The number of halogens is 1. The van der Waals surface area contributed by atoms with Gasteiger partial charge in [0.05, 0.1) is 0 Å². The van der Waals surface area contributed by atoms with Gasteiger partial charge in [-0.15, -0.1) is 0 Å². The zero-order chi connectivity index (χ0) is 13.1. The Balaban J connectivity index is 1.86. The summed E-state index contributed by atoms with van der Waals surface area (Å²) in [7, 11) is 1.99. The molecule has 0 spiro atoms. The Labute approximate surface area is 116 Å². The van der Waals surface area contributed by atoms with E-state index in [1.54, 1.807) is 0 Å². The van der Waals surface area contributed by atoms with E-state index in [0.29, 0.717) is 0 Å². The third kappa shape index (κ3) is 3.33. The molecule has 2 atom stereocenters. The van der Waals surface area contributed by atoms with Crippen LogP contribution in [0.25, 0.3) is 0 Å². The fourth-order valence-electron chi connectivity index (χ4n) is 2.21. The zero-order valence-electron chi connectivity index (χ0n) is 10.7. The van der Waals surface area contributed by atoms with Crippen LogP contribution >= 0.6 is 15.9 Å². The van der Waals surface area contributed by atoms with Gasteiger partial charge in [-0.3, -0.25) is 9.69 Å². The molecule has 0 saturated carbocycles. The number of carbonyl (C=O) groups is 1. The molecular weight excluding hydrogens is 294 g/mol. The van der Waals surface area contributed by atoms with Crippen molar-refractivity contribution in [3.8, 4) is 0 Å². The van der Waals surface area contributed by atoms with Crippen LogP contribution in [0.2, 0.25) is 0 Å². The van der Waals surface area contributed by atoms with Gasteiger partial charge in [0.1, 0.15) is 12.1 Å². The average molecular weight is 312 g/mol. The van der Waals surface area contributed by atoms with Crippen molar-refractivity contribution in [2.75, 3.05) is 13.6 Å². The minimum atomic E-state index is -0.0826. The highest BCUT2D eigenvalue weighted by Crippen LogP contribution is 2.19. The predicted octanol–water partition coefficient (Wildman–Crippen LogP) is 2.63. The summed E-state index contributed by atoms with van der Waals surface area (Å²) in [6.07, 6.45) is 1.80. The van der Waals surface area contributed by atoms with Gasteiger partial charge < -0.3 is 4.74 Å². The van der Waals surface area contributed by atoms with Crippen LogP contribution < -0.4 is 0 Å². The first-order chi connectivity index (χ1) is 8.56. The molecule has 0 aromatic heterocycles. The lowest BCUT2D eigenvalue weighted by atomic mass is 10.1.